The lowest BCUT2D eigenvalue weighted by Crippen LogP contribution is -2.30. The Bertz CT molecular complexity index is 1500. The van der Waals surface area contributed by atoms with Crippen LogP contribution in [-0.4, -0.2) is 37.2 Å². The number of hydrogen-bond donors (Lipinski definition) is 0. The summed E-state index contributed by atoms with van der Waals surface area (Å²) in [6, 6.07) is 0. The second-order valence-corrected chi connectivity index (χ2v) is 22.7. The van der Waals surface area contributed by atoms with Gasteiger partial charge in [-0.25, -0.2) is 0 Å². The van der Waals surface area contributed by atoms with E-state index < -0.39 is 6.10 Å². The zero-order chi connectivity index (χ0) is 57.1. The Kier molecular flexibility index (Phi) is 64.2. The number of esters is 3. The van der Waals surface area contributed by atoms with Crippen LogP contribution in [0.2, 0.25) is 0 Å². The molecule has 6 nitrogen and oxygen atoms in total. The molecule has 0 aromatic rings. The molecule has 0 saturated heterocycles. The van der Waals surface area contributed by atoms with Gasteiger partial charge in [0.1, 0.15) is 13.2 Å². The molecule has 0 aliphatic carbocycles. The summed E-state index contributed by atoms with van der Waals surface area (Å²) in [4.78, 5) is 38.3. The third kappa shape index (κ3) is 65.3. The van der Waals surface area contributed by atoms with Gasteiger partial charge >= 0.3 is 17.9 Å². The molecule has 1 unspecified atom stereocenters. The van der Waals surface area contributed by atoms with Gasteiger partial charge in [-0.2, -0.15) is 0 Å². The maximum Gasteiger partial charge on any atom is 0.306 e. The average molecular weight is 1100 g/mol. The van der Waals surface area contributed by atoms with E-state index in [0.717, 1.165) is 109 Å². The van der Waals surface area contributed by atoms with E-state index in [1.807, 2.05) is 0 Å². The molecular weight excluding hydrogens is 973 g/mol. The van der Waals surface area contributed by atoms with Gasteiger partial charge in [0.25, 0.3) is 0 Å². The topological polar surface area (TPSA) is 78.9 Å². The van der Waals surface area contributed by atoms with Crippen LogP contribution < -0.4 is 0 Å². The van der Waals surface area contributed by atoms with E-state index in [1.54, 1.807) is 0 Å². The summed E-state index contributed by atoms with van der Waals surface area (Å²) >= 11 is 0. The highest BCUT2D eigenvalue weighted by Crippen LogP contribution is 2.17. The van der Waals surface area contributed by atoms with Gasteiger partial charge in [-0.05, 0) is 116 Å². The van der Waals surface area contributed by atoms with Gasteiger partial charge in [-0.3, -0.25) is 14.4 Å². The van der Waals surface area contributed by atoms with Gasteiger partial charge in [0.05, 0.1) is 0 Å². The monoisotopic (exact) mass is 1100 g/mol. The van der Waals surface area contributed by atoms with E-state index in [2.05, 4.69) is 106 Å². The first-order chi connectivity index (χ1) is 39.0. The summed E-state index contributed by atoms with van der Waals surface area (Å²) in [5.74, 6) is -0.881. The molecule has 0 aromatic heterocycles. The summed E-state index contributed by atoms with van der Waals surface area (Å²) in [6.07, 6.45) is 88.9. The first-order valence-corrected chi connectivity index (χ1v) is 34.1. The van der Waals surface area contributed by atoms with Crippen molar-refractivity contribution in [3.8, 4) is 0 Å². The molecule has 0 aromatic carbocycles. The standard InChI is InChI=1S/C73H128O6/c1-4-7-10-13-16-19-22-25-28-30-31-32-33-34-35-36-37-38-39-40-41-42-43-44-46-48-51-54-57-60-63-66-72(75)78-69-70(68-77-71(74)65-62-59-56-53-50-47-27-24-21-18-15-12-9-6-3)79-73(76)67-64-61-58-55-52-49-45-29-26-23-20-17-14-11-8-5-2/h7,10,16,19,24-25,27-29,31-32,34-35,45,70H,4-6,8-9,11-15,17-18,20-23,26,30,33,36-44,46-69H2,1-3H3/b10-7-,19-16-,27-24-,28-25-,32-31-,35-34-,45-29-. The summed E-state index contributed by atoms with van der Waals surface area (Å²) in [6.45, 7) is 6.54. The van der Waals surface area contributed by atoms with Gasteiger partial charge in [-0.15, -0.1) is 0 Å². The van der Waals surface area contributed by atoms with E-state index >= 15 is 0 Å². The minimum Gasteiger partial charge on any atom is -0.462 e. The lowest BCUT2D eigenvalue weighted by Gasteiger charge is -2.18. The Balaban J connectivity index is 4.22. The molecule has 0 heterocycles. The van der Waals surface area contributed by atoms with Crippen LogP contribution in [0.15, 0.2) is 85.1 Å². The van der Waals surface area contributed by atoms with Crippen molar-refractivity contribution in [2.75, 3.05) is 13.2 Å². The molecule has 0 aliphatic heterocycles. The molecule has 0 N–H and O–H groups in total. The van der Waals surface area contributed by atoms with Crippen LogP contribution in [-0.2, 0) is 28.6 Å². The predicted molar refractivity (Wildman–Crippen MR) is 344 cm³/mol. The minimum absolute atomic E-state index is 0.0793. The van der Waals surface area contributed by atoms with Gasteiger partial charge in [-0.1, -0.05) is 292 Å². The molecule has 1 atom stereocenters. The SMILES string of the molecule is CC/C=C\C/C=C\C/C=C\C/C=C\C/C=C\CCCCCCCCCCCCCCCCCC(=O)OCC(COC(=O)CCCCCCC/C=C\CCCCCCC)OC(=O)CCCCCCC/C=C\CCCCCCCCC. The van der Waals surface area contributed by atoms with Crippen LogP contribution in [0, 0.1) is 0 Å². The molecule has 0 rings (SSSR count). The van der Waals surface area contributed by atoms with Crippen molar-refractivity contribution in [1.29, 1.82) is 0 Å². The molecule has 0 aliphatic rings. The van der Waals surface area contributed by atoms with Gasteiger partial charge in [0.2, 0.25) is 0 Å². The maximum atomic E-state index is 12.9. The zero-order valence-corrected chi connectivity index (χ0v) is 52.4. The van der Waals surface area contributed by atoms with Crippen molar-refractivity contribution in [2.45, 2.75) is 348 Å². The highest BCUT2D eigenvalue weighted by molar-refractivity contribution is 5.71. The summed E-state index contributed by atoms with van der Waals surface area (Å²) in [7, 11) is 0. The first-order valence-electron chi connectivity index (χ1n) is 34.1. The van der Waals surface area contributed by atoms with Crippen LogP contribution in [0.1, 0.15) is 342 Å². The fourth-order valence-corrected chi connectivity index (χ4v) is 9.76. The normalized spacial score (nSPS) is 12.6. The molecule has 0 spiro atoms. The number of carbonyl (C=O) groups is 3. The van der Waals surface area contributed by atoms with Crippen molar-refractivity contribution in [1.82, 2.24) is 0 Å². The third-order valence-corrected chi connectivity index (χ3v) is 14.9. The molecule has 6 heteroatoms. The highest BCUT2D eigenvalue weighted by Gasteiger charge is 2.19. The number of hydrogen-bond acceptors (Lipinski definition) is 6. The number of carbonyl (C=O) groups excluding carboxylic acids is 3. The molecule has 0 radical (unpaired) electrons. The molecule has 0 bridgehead atoms. The quantitative estimate of drug-likeness (QED) is 0.0261. The van der Waals surface area contributed by atoms with Gasteiger partial charge in [0, 0.05) is 19.3 Å². The largest absolute Gasteiger partial charge is 0.462 e. The van der Waals surface area contributed by atoms with Crippen molar-refractivity contribution < 1.29 is 28.6 Å². The molecule has 0 fully saturated rings. The van der Waals surface area contributed by atoms with E-state index in [4.69, 9.17) is 14.2 Å². The van der Waals surface area contributed by atoms with Crippen LogP contribution in [0.4, 0.5) is 0 Å². The highest BCUT2D eigenvalue weighted by atomic mass is 16.6. The summed E-state index contributed by atoms with van der Waals surface area (Å²) < 4.78 is 16.9. The minimum atomic E-state index is -0.783. The fraction of sp³-hybridized carbons (Fsp3) is 0.767. The van der Waals surface area contributed by atoms with Gasteiger partial charge in [0.15, 0.2) is 6.10 Å². The Hall–Kier alpha value is -3.41. The average Bonchev–Trinajstić information content (AvgIpc) is 3.45. The first kappa shape index (κ1) is 75.6. The van der Waals surface area contributed by atoms with E-state index in [-0.39, 0.29) is 31.1 Å². The second-order valence-electron chi connectivity index (χ2n) is 22.7. The number of unbranched alkanes of at least 4 members (excludes halogenated alkanes) is 37. The van der Waals surface area contributed by atoms with Crippen LogP contribution >= 0.6 is 0 Å². The molecule has 0 amide bonds. The van der Waals surface area contributed by atoms with Crippen molar-refractivity contribution in [3.63, 3.8) is 0 Å². The summed E-state index contributed by atoms with van der Waals surface area (Å²) in [5.41, 5.74) is 0. The van der Waals surface area contributed by atoms with E-state index in [9.17, 15) is 14.4 Å². The molecule has 456 valence electrons. The molecule has 0 saturated carbocycles. The zero-order valence-electron chi connectivity index (χ0n) is 52.4. The lowest BCUT2D eigenvalue weighted by atomic mass is 10.0. The Labute approximate surface area is 490 Å². The van der Waals surface area contributed by atoms with Crippen molar-refractivity contribution in [2.24, 2.45) is 0 Å². The number of rotatable bonds is 62. The van der Waals surface area contributed by atoms with Crippen LogP contribution in [0.3, 0.4) is 0 Å². The lowest BCUT2D eigenvalue weighted by molar-refractivity contribution is -0.167. The smallest absolute Gasteiger partial charge is 0.306 e. The van der Waals surface area contributed by atoms with E-state index in [1.165, 1.54) is 193 Å². The Morgan fingerprint density at radius 2 is 0.494 bits per heavy atom. The Morgan fingerprint density at radius 1 is 0.266 bits per heavy atom. The van der Waals surface area contributed by atoms with Crippen molar-refractivity contribution >= 4 is 17.9 Å². The molecule has 79 heavy (non-hydrogen) atoms. The summed E-state index contributed by atoms with van der Waals surface area (Å²) in [5, 5.41) is 0. The second kappa shape index (κ2) is 67.1. The fourth-order valence-electron chi connectivity index (χ4n) is 9.76. The number of allylic oxidation sites excluding steroid dienone is 14. The Morgan fingerprint density at radius 3 is 0.785 bits per heavy atom. The van der Waals surface area contributed by atoms with Gasteiger partial charge < -0.3 is 14.2 Å². The van der Waals surface area contributed by atoms with Crippen LogP contribution in [0.25, 0.3) is 0 Å². The predicted octanol–water partition coefficient (Wildman–Crippen LogP) is 23.4. The van der Waals surface area contributed by atoms with Crippen LogP contribution in [0.5, 0.6) is 0 Å². The maximum absolute atomic E-state index is 12.9. The van der Waals surface area contributed by atoms with E-state index in [0.29, 0.717) is 19.3 Å². The number of ether oxygens (including phenoxy) is 3. The molecular formula is C73H128O6. The van der Waals surface area contributed by atoms with Crippen molar-refractivity contribution in [3.05, 3.63) is 85.1 Å². The third-order valence-electron chi connectivity index (χ3n) is 14.9.